The highest BCUT2D eigenvalue weighted by Crippen LogP contribution is 2.45. The molecule has 1 amide bonds. The molecule has 206 valence electrons. The van der Waals surface area contributed by atoms with Crippen molar-refractivity contribution in [1.82, 2.24) is 14.9 Å². The van der Waals surface area contributed by atoms with E-state index in [1.54, 1.807) is 12.3 Å². The topological polar surface area (TPSA) is 71.4 Å². The molecule has 0 saturated carbocycles. The molecule has 0 bridgehead atoms. The number of pyridine rings is 1. The molecular weight excluding hydrogens is 565 g/mol. The zero-order valence-electron chi connectivity index (χ0n) is 22.5. The molecule has 1 aliphatic heterocycles. The summed E-state index contributed by atoms with van der Waals surface area (Å²) in [6.07, 6.45) is 1.78. The SMILES string of the molecule is COCC(=O)Nc1ccc(N2C(=S)N[C@H](c3ccccn3)[C@@H]2c2cc(C)n(-c3cccc(Cl)c3C)c2C)cc1Cl. The summed E-state index contributed by atoms with van der Waals surface area (Å²) in [5.74, 6) is -0.285. The first-order chi connectivity index (χ1) is 19.2. The average molecular weight is 595 g/mol. The van der Waals surface area contributed by atoms with E-state index in [9.17, 15) is 4.79 Å². The molecule has 0 aliphatic carbocycles. The predicted molar refractivity (Wildman–Crippen MR) is 165 cm³/mol. The van der Waals surface area contributed by atoms with Crippen molar-refractivity contribution in [3.8, 4) is 5.69 Å². The Bertz CT molecular complexity index is 1590. The Hall–Kier alpha value is -3.43. The van der Waals surface area contributed by atoms with Gasteiger partial charge in [-0.1, -0.05) is 35.3 Å². The van der Waals surface area contributed by atoms with Gasteiger partial charge in [0.05, 0.1) is 28.5 Å². The molecule has 2 atom stereocenters. The van der Waals surface area contributed by atoms with Crippen LogP contribution in [-0.2, 0) is 9.53 Å². The summed E-state index contributed by atoms with van der Waals surface area (Å²) in [5, 5.41) is 7.94. The van der Waals surface area contributed by atoms with Crippen LogP contribution in [0.3, 0.4) is 0 Å². The maximum Gasteiger partial charge on any atom is 0.250 e. The number of aromatic nitrogens is 2. The number of hydrogen-bond donors (Lipinski definition) is 2. The van der Waals surface area contributed by atoms with E-state index in [4.69, 9.17) is 40.2 Å². The molecule has 1 fully saturated rings. The van der Waals surface area contributed by atoms with Crippen molar-refractivity contribution in [2.75, 3.05) is 23.9 Å². The standard InChI is InChI=1S/C30H29Cl2N5O2S/c1-17-14-21(19(3)36(17)26-10-7-8-22(31)18(26)2)29-28(25-9-5-6-13-33-25)35-30(40)37(29)20-11-12-24(23(32)15-20)34-27(38)16-39-4/h5-15,28-29H,16H2,1-4H3,(H,34,38)(H,35,40)/t28-,29+/m1/s1. The largest absolute Gasteiger partial charge is 0.375 e. The average Bonchev–Trinajstić information content (AvgIpc) is 3.42. The first-order valence-electron chi connectivity index (χ1n) is 12.7. The van der Waals surface area contributed by atoms with Crippen molar-refractivity contribution in [3.05, 3.63) is 105 Å². The van der Waals surface area contributed by atoms with Gasteiger partial charge >= 0.3 is 0 Å². The number of carbonyl (C=O) groups is 1. The van der Waals surface area contributed by atoms with E-state index in [1.165, 1.54) is 7.11 Å². The molecule has 1 saturated heterocycles. The van der Waals surface area contributed by atoms with Gasteiger partial charge in [0.2, 0.25) is 5.91 Å². The Kier molecular flexibility index (Phi) is 8.14. The van der Waals surface area contributed by atoms with E-state index in [0.717, 1.165) is 44.6 Å². The number of ether oxygens (including phenoxy) is 1. The molecule has 2 aromatic carbocycles. The third-order valence-corrected chi connectivity index (χ3v) is 8.18. The fourth-order valence-electron chi connectivity index (χ4n) is 5.32. The number of nitrogens with one attached hydrogen (secondary N) is 2. The molecule has 40 heavy (non-hydrogen) atoms. The second-order valence-electron chi connectivity index (χ2n) is 9.69. The number of anilines is 2. The van der Waals surface area contributed by atoms with Crippen molar-refractivity contribution in [1.29, 1.82) is 0 Å². The molecule has 2 N–H and O–H groups in total. The van der Waals surface area contributed by atoms with Crippen molar-refractivity contribution in [2.24, 2.45) is 0 Å². The van der Waals surface area contributed by atoms with Crippen LogP contribution in [0.1, 0.15) is 40.3 Å². The Morgan fingerprint density at radius 3 is 2.58 bits per heavy atom. The normalized spacial score (nSPS) is 16.8. The molecule has 1 aliphatic rings. The van der Waals surface area contributed by atoms with Crippen LogP contribution in [0.2, 0.25) is 10.0 Å². The number of nitrogens with zero attached hydrogens (tertiary/aromatic N) is 3. The zero-order valence-corrected chi connectivity index (χ0v) is 24.9. The van der Waals surface area contributed by atoms with Crippen LogP contribution in [0, 0.1) is 20.8 Å². The molecule has 4 aromatic rings. The molecule has 10 heteroatoms. The monoisotopic (exact) mass is 593 g/mol. The predicted octanol–water partition coefficient (Wildman–Crippen LogP) is 6.87. The van der Waals surface area contributed by atoms with Gasteiger partial charge in [-0.3, -0.25) is 9.78 Å². The van der Waals surface area contributed by atoms with Crippen LogP contribution in [0.4, 0.5) is 11.4 Å². The van der Waals surface area contributed by atoms with Gasteiger partial charge in [-0.25, -0.2) is 0 Å². The van der Waals surface area contributed by atoms with Crippen LogP contribution in [0.15, 0.2) is 66.9 Å². The molecule has 0 radical (unpaired) electrons. The smallest absolute Gasteiger partial charge is 0.250 e. The van der Waals surface area contributed by atoms with E-state index in [1.807, 2.05) is 49.4 Å². The molecule has 3 heterocycles. The van der Waals surface area contributed by atoms with Gasteiger partial charge in [0, 0.05) is 41.1 Å². The van der Waals surface area contributed by atoms with E-state index in [-0.39, 0.29) is 24.6 Å². The molecule has 0 unspecified atom stereocenters. The van der Waals surface area contributed by atoms with E-state index < -0.39 is 0 Å². The second-order valence-corrected chi connectivity index (χ2v) is 10.9. The number of hydrogen-bond acceptors (Lipinski definition) is 4. The Labute approximate surface area is 249 Å². The summed E-state index contributed by atoms with van der Waals surface area (Å²) < 4.78 is 7.15. The minimum atomic E-state index is -0.285. The molecule has 0 spiro atoms. The van der Waals surface area contributed by atoms with Crippen LogP contribution in [0.5, 0.6) is 0 Å². The van der Waals surface area contributed by atoms with E-state index in [0.29, 0.717) is 15.8 Å². The summed E-state index contributed by atoms with van der Waals surface area (Å²) in [6, 6.07) is 19.0. The van der Waals surface area contributed by atoms with Gasteiger partial charge in [0.25, 0.3) is 0 Å². The summed E-state index contributed by atoms with van der Waals surface area (Å²) in [6.45, 7) is 6.17. The van der Waals surface area contributed by atoms with Crippen molar-refractivity contribution >= 4 is 57.8 Å². The summed E-state index contributed by atoms with van der Waals surface area (Å²) in [4.78, 5) is 18.8. The lowest BCUT2D eigenvalue weighted by Crippen LogP contribution is -2.29. The number of aryl methyl sites for hydroxylation is 1. The van der Waals surface area contributed by atoms with Crippen LogP contribution in [-0.4, -0.2) is 34.3 Å². The second kappa shape index (κ2) is 11.6. The molecular formula is C30H29Cl2N5O2S. The van der Waals surface area contributed by atoms with Crippen LogP contribution >= 0.6 is 35.4 Å². The fraction of sp³-hybridized carbons (Fsp3) is 0.233. The summed E-state index contributed by atoms with van der Waals surface area (Å²) in [5.41, 5.74) is 7.43. The Balaban J connectivity index is 1.63. The highest BCUT2D eigenvalue weighted by Gasteiger charge is 2.42. The number of thiocarbonyl (C=S) groups is 1. The number of amides is 1. The maximum absolute atomic E-state index is 12.1. The van der Waals surface area contributed by atoms with Crippen molar-refractivity contribution in [3.63, 3.8) is 0 Å². The lowest BCUT2D eigenvalue weighted by atomic mass is 9.96. The van der Waals surface area contributed by atoms with Crippen LogP contribution in [0.25, 0.3) is 5.69 Å². The van der Waals surface area contributed by atoms with Crippen molar-refractivity contribution < 1.29 is 9.53 Å². The summed E-state index contributed by atoms with van der Waals surface area (Å²) >= 11 is 19.1. The van der Waals surface area contributed by atoms with E-state index >= 15 is 0 Å². The number of rotatable bonds is 7. The third-order valence-electron chi connectivity index (χ3n) is 7.15. The van der Waals surface area contributed by atoms with Gasteiger partial charge in [0.1, 0.15) is 6.61 Å². The number of halogens is 2. The third kappa shape index (κ3) is 5.20. The maximum atomic E-state index is 12.1. The van der Waals surface area contributed by atoms with Gasteiger partial charge in [-0.05, 0) is 92.6 Å². The highest BCUT2D eigenvalue weighted by atomic mass is 35.5. The van der Waals surface area contributed by atoms with E-state index in [2.05, 4.69) is 51.1 Å². The van der Waals surface area contributed by atoms with Gasteiger partial charge in [0.15, 0.2) is 5.11 Å². The first kappa shape index (κ1) is 28.1. The number of methoxy groups -OCH3 is 1. The van der Waals surface area contributed by atoms with Gasteiger partial charge in [-0.2, -0.15) is 0 Å². The quantitative estimate of drug-likeness (QED) is 0.228. The van der Waals surface area contributed by atoms with Gasteiger partial charge in [-0.15, -0.1) is 0 Å². The highest BCUT2D eigenvalue weighted by molar-refractivity contribution is 7.80. The van der Waals surface area contributed by atoms with Gasteiger partial charge < -0.3 is 24.8 Å². The lowest BCUT2D eigenvalue weighted by molar-refractivity contribution is -0.119. The minimum absolute atomic E-state index is 0.0617. The van der Waals surface area contributed by atoms with Crippen LogP contribution < -0.4 is 15.5 Å². The first-order valence-corrected chi connectivity index (χ1v) is 13.9. The number of benzene rings is 2. The molecule has 2 aromatic heterocycles. The molecule has 7 nitrogen and oxygen atoms in total. The zero-order chi connectivity index (χ0) is 28.6. The fourth-order valence-corrected chi connectivity index (χ4v) is 6.06. The lowest BCUT2D eigenvalue weighted by Gasteiger charge is -2.28. The molecule has 5 rings (SSSR count). The summed E-state index contributed by atoms with van der Waals surface area (Å²) in [7, 11) is 1.47. The minimum Gasteiger partial charge on any atom is -0.375 e. The van der Waals surface area contributed by atoms with Crippen molar-refractivity contribution in [2.45, 2.75) is 32.9 Å². The Morgan fingerprint density at radius 2 is 1.88 bits per heavy atom. The Morgan fingerprint density at radius 1 is 1.07 bits per heavy atom. The number of carbonyl (C=O) groups excluding carboxylic acids is 1.